The van der Waals surface area contributed by atoms with Gasteiger partial charge in [-0.15, -0.1) is 0 Å². The Kier molecular flexibility index (Phi) is 9.40. The van der Waals surface area contributed by atoms with Crippen LogP contribution >= 0.6 is 0 Å². The Hall–Kier alpha value is -2.36. The first-order chi connectivity index (χ1) is 11.1. The quantitative estimate of drug-likeness (QED) is 0.152. The molecule has 2 amide bonds. The second-order valence-electron chi connectivity index (χ2n) is 5.85. The highest BCUT2D eigenvalue weighted by Gasteiger charge is 2.27. The summed E-state index contributed by atoms with van der Waals surface area (Å²) in [5, 5.41) is 13.9. The molecular weight excluding hydrogens is 316 g/mol. The van der Waals surface area contributed by atoms with E-state index in [1.165, 1.54) is 6.92 Å². The van der Waals surface area contributed by atoms with E-state index in [0.717, 1.165) is 0 Å². The van der Waals surface area contributed by atoms with Crippen molar-refractivity contribution in [1.82, 2.24) is 10.6 Å². The maximum absolute atomic E-state index is 12.0. The van der Waals surface area contributed by atoms with E-state index in [1.807, 2.05) is 0 Å². The molecular formula is C14H28N6O4. The van der Waals surface area contributed by atoms with Crippen molar-refractivity contribution >= 4 is 23.7 Å². The molecule has 0 radical (unpaired) electrons. The molecule has 0 spiro atoms. The van der Waals surface area contributed by atoms with Crippen LogP contribution in [0.4, 0.5) is 0 Å². The van der Waals surface area contributed by atoms with Gasteiger partial charge < -0.3 is 32.9 Å². The highest BCUT2D eigenvalue weighted by atomic mass is 16.4. The Morgan fingerprint density at radius 1 is 1.08 bits per heavy atom. The summed E-state index contributed by atoms with van der Waals surface area (Å²) in [5.74, 6) is -2.53. The Bertz CT molecular complexity index is 476. The molecule has 0 bridgehead atoms. The molecule has 0 saturated carbocycles. The van der Waals surface area contributed by atoms with Crippen LogP contribution in [0.15, 0.2) is 4.99 Å². The van der Waals surface area contributed by atoms with Crippen molar-refractivity contribution in [3.63, 3.8) is 0 Å². The summed E-state index contributed by atoms with van der Waals surface area (Å²) in [6.45, 7) is 5.16. The van der Waals surface area contributed by atoms with E-state index < -0.39 is 35.9 Å². The Morgan fingerprint density at radius 2 is 1.67 bits per heavy atom. The minimum atomic E-state index is -1.13. The van der Waals surface area contributed by atoms with E-state index >= 15 is 0 Å². The normalized spacial score (nSPS) is 14.4. The summed E-state index contributed by atoms with van der Waals surface area (Å²) in [4.78, 5) is 38.8. The maximum atomic E-state index is 12.0. The van der Waals surface area contributed by atoms with Gasteiger partial charge in [-0.1, -0.05) is 13.8 Å². The number of carboxylic acids is 1. The van der Waals surface area contributed by atoms with Crippen molar-refractivity contribution in [3.05, 3.63) is 0 Å². The number of carboxylic acid groups (broad SMARTS) is 1. The van der Waals surface area contributed by atoms with Crippen LogP contribution in [0.25, 0.3) is 0 Å². The first-order valence-electron chi connectivity index (χ1n) is 7.70. The lowest BCUT2D eigenvalue weighted by Gasteiger charge is -2.22. The molecule has 0 rings (SSSR count). The van der Waals surface area contributed by atoms with E-state index in [9.17, 15) is 14.4 Å². The van der Waals surface area contributed by atoms with Gasteiger partial charge in [0.15, 0.2) is 5.96 Å². The fourth-order valence-corrected chi connectivity index (χ4v) is 1.83. The van der Waals surface area contributed by atoms with Crippen LogP contribution in [0, 0.1) is 5.92 Å². The van der Waals surface area contributed by atoms with Gasteiger partial charge in [0, 0.05) is 6.54 Å². The third-order valence-electron chi connectivity index (χ3n) is 3.29. The first-order valence-corrected chi connectivity index (χ1v) is 7.70. The van der Waals surface area contributed by atoms with Gasteiger partial charge in [0.25, 0.3) is 0 Å². The van der Waals surface area contributed by atoms with Gasteiger partial charge in [0.05, 0.1) is 6.04 Å². The number of hydrogen-bond acceptors (Lipinski definition) is 5. The maximum Gasteiger partial charge on any atom is 0.326 e. The number of rotatable bonds is 10. The molecule has 24 heavy (non-hydrogen) atoms. The number of nitrogens with one attached hydrogen (secondary N) is 2. The van der Waals surface area contributed by atoms with Crippen molar-refractivity contribution in [3.8, 4) is 0 Å². The summed E-state index contributed by atoms with van der Waals surface area (Å²) in [7, 11) is 0. The lowest BCUT2D eigenvalue weighted by Crippen LogP contribution is -2.54. The standard InChI is InChI=1S/C14H28N6O4/c1-7(2)10(13(23)24)20-11(21)8(3)19-12(22)9(15)5-4-6-18-14(16)17/h7-10H,4-6,15H2,1-3H3,(H,19,22)(H,20,21)(H,23,24)(H4,16,17,18). The van der Waals surface area contributed by atoms with Crippen LogP contribution in [0.2, 0.25) is 0 Å². The number of guanidine groups is 1. The lowest BCUT2D eigenvalue weighted by molar-refractivity contribution is -0.143. The molecule has 3 unspecified atom stereocenters. The molecule has 0 fully saturated rings. The first kappa shape index (κ1) is 21.6. The number of carbonyl (C=O) groups excluding carboxylic acids is 2. The largest absolute Gasteiger partial charge is 0.480 e. The number of carbonyl (C=O) groups is 3. The molecule has 138 valence electrons. The molecule has 0 aromatic carbocycles. The molecule has 3 atom stereocenters. The van der Waals surface area contributed by atoms with Gasteiger partial charge in [-0.25, -0.2) is 4.79 Å². The SMILES string of the molecule is CC(NC(=O)C(N)CCCN=C(N)N)C(=O)NC(C(=O)O)C(C)C. The van der Waals surface area contributed by atoms with Crippen molar-refractivity contribution in [2.24, 2.45) is 28.1 Å². The summed E-state index contributed by atoms with van der Waals surface area (Å²) < 4.78 is 0. The van der Waals surface area contributed by atoms with E-state index in [-0.39, 0.29) is 11.9 Å². The fourth-order valence-electron chi connectivity index (χ4n) is 1.83. The zero-order valence-corrected chi connectivity index (χ0v) is 14.3. The zero-order chi connectivity index (χ0) is 18.9. The van der Waals surface area contributed by atoms with E-state index in [1.54, 1.807) is 13.8 Å². The minimum Gasteiger partial charge on any atom is -0.480 e. The number of nitrogens with zero attached hydrogens (tertiary/aromatic N) is 1. The van der Waals surface area contributed by atoms with Crippen LogP contribution in [-0.4, -0.2) is 53.5 Å². The van der Waals surface area contributed by atoms with Gasteiger partial charge >= 0.3 is 5.97 Å². The van der Waals surface area contributed by atoms with E-state index in [2.05, 4.69) is 15.6 Å². The Labute approximate surface area is 141 Å². The number of aliphatic imine (C=N–C) groups is 1. The number of aliphatic carboxylic acids is 1. The number of hydrogen-bond donors (Lipinski definition) is 6. The van der Waals surface area contributed by atoms with Crippen molar-refractivity contribution < 1.29 is 19.5 Å². The van der Waals surface area contributed by atoms with Crippen molar-refractivity contribution in [2.45, 2.75) is 51.7 Å². The van der Waals surface area contributed by atoms with E-state index in [0.29, 0.717) is 19.4 Å². The van der Waals surface area contributed by atoms with Crippen LogP contribution in [-0.2, 0) is 14.4 Å². The molecule has 10 nitrogen and oxygen atoms in total. The average molecular weight is 344 g/mol. The molecule has 0 aliphatic rings. The van der Waals surface area contributed by atoms with Gasteiger partial charge in [-0.2, -0.15) is 0 Å². The van der Waals surface area contributed by atoms with Gasteiger partial charge in [-0.3, -0.25) is 14.6 Å². The molecule has 0 aromatic rings. The molecule has 0 aliphatic carbocycles. The molecule has 9 N–H and O–H groups in total. The number of amides is 2. The smallest absolute Gasteiger partial charge is 0.326 e. The number of nitrogens with two attached hydrogens (primary N) is 3. The third-order valence-corrected chi connectivity index (χ3v) is 3.29. The summed E-state index contributed by atoms with van der Waals surface area (Å²) in [6, 6.07) is -2.73. The summed E-state index contributed by atoms with van der Waals surface area (Å²) >= 11 is 0. The zero-order valence-electron chi connectivity index (χ0n) is 14.3. The van der Waals surface area contributed by atoms with Crippen LogP contribution < -0.4 is 27.8 Å². The highest BCUT2D eigenvalue weighted by molar-refractivity contribution is 5.91. The van der Waals surface area contributed by atoms with E-state index in [4.69, 9.17) is 22.3 Å². The van der Waals surface area contributed by atoms with Crippen molar-refractivity contribution in [1.29, 1.82) is 0 Å². The topological polar surface area (TPSA) is 186 Å². The monoisotopic (exact) mass is 344 g/mol. The molecule has 0 aromatic heterocycles. The Balaban J connectivity index is 4.39. The van der Waals surface area contributed by atoms with Crippen LogP contribution in [0.5, 0.6) is 0 Å². The van der Waals surface area contributed by atoms with Gasteiger partial charge in [-0.05, 0) is 25.7 Å². The predicted octanol–water partition coefficient (Wildman–Crippen LogP) is -1.90. The van der Waals surface area contributed by atoms with Crippen LogP contribution in [0.1, 0.15) is 33.6 Å². The molecule has 0 aliphatic heterocycles. The third kappa shape index (κ3) is 8.32. The van der Waals surface area contributed by atoms with Crippen LogP contribution in [0.3, 0.4) is 0 Å². The molecule has 0 saturated heterocycles. The Morgan fingerprint density at radius 3 is 2.12 bits per heavy atom. The van der Waals surface area contributed by atoms with Gasteiger partial charge in [0.2, 0.25) is 11.8 Å². The summed E-state index contributed by atoms with van der Waals surface area (Å²) in [5.41, 5.74) is 16.1. The average Bonchev–Trinajstić information content (AvgIpc) is 2.47. The highest BCUT2D eigenvalue weighted by Crippen LogP contribution is 2.02. The summed E-state index contributed by atoms with van der Waals surface area (Å²) in [6.07, 6.45) is 0.863. The fraction of sp³-hybridized carbons (Fsp3) is 0.714. The lowest BCUT2D eigenvalue weighted by atomic mass is 10.0. The molecule has 10 heteroatoms. The second-order valence-corrected chi connectivity index (χ2v) is 5.85. The second kappa shape index (κ2) is 10.4. The minimum absolute atomic E-state index is 0.0311. The van der Waals surface area contributed by atoms with Gasteiger partial charge in [0.1, 0.15) is 12.1 Å². The predicted molar refractivity (Wildman–Crippen MR) is 89.9 cm³/mol. The van der Waals surface area contributed by atoms with Crippen molar-refractivity contribution in [2.75, 3.05) is 6.54 Å². The molecule has 0 heterocycles.